The molecule has 0 atom stereocenters. The maximum Gasteiger partial charge on any atom is 0.190 e. The molecule has 0 aromatic carbocycles. The number of nitrogens with zero attached hydrogens (tertiary/aromatic N) is 1. The number of hydrogen-bond acceptors (Lipinski definition) is 1. The van der Waals surface area contributed by atoms with Crippen molar-refractivity contribution < 1.29 is 26.3 Å². The van der Waals surface area contributed by atoms with Crippen LogP contribution < -0.4 is 17.0 Å². The highest BCUT2D eigenvalue weighted by Crippen LogP contribution is 2.28. The lowest BCUT2D eigenvalue weighted by molar-refractivity contribution is -0.912. The summed E-state index contributed by atoms with van der Waals surface area (Å²) in [7, 11) is 2.20. The van der Waals surface area contributed by atoms with Crippen molar-refractivity contribution in [1.82, 2.24) is 0 Å². The number of halogens is 1. The molecule has 0 aliphatic carbocycles. The Balaban J connectivity index is 0.000000605. The molecule has 0 saturated carbocycles. The number of likely N-dealkylation sites (N-methyl/N-ethyl adjacent to an activating group) is 1. The molecule has 2 nitrogen and oxygen atoms in total. The fraction of sp³-hybridized carbons (Fsp3) is 0.875. The van der Waals surface area contributed by atoms with Gasteiger partial charge in [0.2, 0.25) is 0 Å². The van der Waals surface area contributed by atoms with Gasteiger partial charge >= 0.3 is 0 Å². The number of Topliss-reactive ketones (excluding diaryl/α,β-unsaturated/α-hetero) is 1. The average molecular weight is 220 g/mol. The zero-order chi connectivity index (χ0) is 7.19. The first-order valence-corrected chi connectivity index (χ1v) is 4.06. The Morgan fingerprint density at radius 3 is 2.18 bits per heavy atom. The number of hydrogen-bond donors (Lipinski definition) is 0. The third-order valence-electron chi connectivity index (χ3n) is 3.03. The maximum absolute atomic E-state index is 11.2. The van der Waals surface area contributed by atoms with E-state index in [9.17, 15) is 4.79 Å². The standard InChI is InChI=1S/C8H14NO.BrH/c1-9-4-2-7(3-5-9)8(10)6-9;/h7H,2-6H2,1H3;1H/q+1;/p-1. The second-order valence-corrected chi connectivity index (χ2v) is 3.97. The van der Waals surface area contributed by atoms with Crippen LogP contribution in [-0.2, 0) is 4.79 Å². The normalized spacial score (nSPS) is 41.9. The highest BCUT2D eigenvalue weighted by atomic mass is 79.9. The van der Waals surface area contributed by atoms with Crippen LogP contribution in [0.2, 0.25) is 0 Å². The molecule has 3 heteroatoms. The van der Waals surface area contributed by atoms with Crippen LogP contribution in [0, 0.1) is 5.92 Å². The lowest BCUT2D eigenvalue weighted by atomic mass is 9.85. The Hall–Kier alpha value is 0.110. The Bertz CT molecular complexity index is 173. The Morgan fingerprint density at radius 2 is 1.91 bits per heavy atom. The van der Waals surface area contributed by atoms with E-state index in [1.165, 1.54) is 13.1 Å². The topological polar surface area (TPSA) is 17.1 Å². The third kappa shape index (κ3) is 1.49. The van der Waals surface area contributed by atoms with Gasteiger partial charge in [-0.05, 0) is 0 Å². The van der Waals surface area contributed by atoms with E-state index in [1.807, 2.05) is 0 Å². The number of rotatable bonds is 0. The van der Waals surface area contributed by atoms with Gasteiger partial charge in [-0.25, -0.2) is 0 Å². The van der Waals surface area contributed by atoms with Crippen LogP contribution in [0.15, 0.2) is 0 Å². The van der Waals surface area contributed by atoms with Gasteiger partial charge in [-0.15, -0.1) is 0 Å². The SMILES string of the molecule is C[N+]12CCC(CC1)C(=O)C2.[Br-]. The fourth-order valence-corrected chi connectivity index (χ4v) is 2.18. The molecule has 11 heavy (non-hydrogen) atoms. The van der Waals surface area contributed by atoms with Crippen molar-refractivity contribution in [2.75, 3.05) is 26.7 Å². The van der Waals surface area contributed by atoms with Crippen LogP contribution in [0.3, 0.4) is 0 Å². The molecular formula is C8H14BrNO. The lowest BCUT2D eigenvalue weighted by Gasteiger charge is -2.45. The zero-order valence-corrected chi connectivity index (χ0v) is 8.43. The van der Waals surface area contributed by atoms with E-state index in [0.29, 0.717) is 11.7 Å². The highest BCUT2D eigenvalue weighted by Gasteiger charge is 2.41. The van der Waals surface area contributed by atoms with Gasteiger partial charge in [-0.1, -0.05) is 0 Å². The first-order chi connectivity index (χ1) is 4.70. The third-order valence-corrected chi connectivity index (χ3v) is 3.03. The van der Waals surface area contributed by atoms with Crippen LogP contribution >= 0.6 is 0 Å². The molecule has 3 fully saturated rings. The molecule has 0 unspecified atom stereocenters. The predicted molar refractivity (Wildman–Crippen MR) is 38.5 cm³/mol. The highest BCUT2D eigenvalue weighted by molar-refractivity contribution is 5.83. The Kier molecular flexibility index (Phi) is 2.40. The monoisotopic (exact) mass is 219 g/mol. The molecule has 0 spiro atoms. The molecule has 3 aliphatic heterocycles. The molecule has 0 aromatic rings. The smallest absolute Gasteiger partial charge is 0.190 e. The molecular weight excluding hydrogens is 206 g/mol. The van der Waals surface area contributed by atoms with Gasteiger partial charge < -0.3 is 21.5 Å². The van der Waals surface area contributed by atoms with E-state index in [-0.39, 0.29) is 17.0 Å². The number of piperidine rings is 3. The van der Waals surface area contributed by atoms with Crippen LogP contribution in [-0.4, -0.2) is 36.9 Å². The summed E-state index contributed by atoms with van der Waals surface area (Å²) in [5, 5.41) is 0. The van der Waals surface area contributed by atoms with Crippen molar-refractivity contribution >= 4 is 5.78 Å². The second-order valence-electron chi connectivity index (χ2n) is 3.97. The largest absolute Gasteiger partial charge is 1.00 e. The molecule has 3 saturated heterocycles. The maximum atomic E-state index is 11.2. The van der Waals surface area contributed by atoms with Gasteiger partial charge in [0.1, 0.15) is 6.54 Å². The summed E-state index contributed by atoms with van der Waals surface area (Å²) in [4.78, 5) is 11.2. The number of carbonyl (C=O) groups is 1. The minimum absolute atomic E-state index is 0. The number of ketones is 1. The molecule has 0 amide bonds. The molecule has 3 heterocycles. The molecule has 3 rings (SSSR count). The van der Waals surface area contributed by atoms with Crippen molar-refractivity contribution in [3.63, 3.8) is 0 Å². The van der Waals surface area contributed by atoms with Gasteiger partial charge in [-0.2, -0.15) is 0 Å². The summed E-state index contributed by atoms with van der Waals surface area (Å²) in [5.74, 6) is 0.958. The van der Waals surface area contributed by atoms with Crippen LogP contribution in [0.4, 0.5) is 0 Å². The summed E-state index contributed by atoms with van der Waals surface area (Å²) < 4.78 is 1.02. The minimum atomic E-state index is 0. The quantitative estimate of drug-likeness (QED) is 0.410. The molecule has 0 aromatic heterocycles. The number of quaternary nitrogens is 1. The summed E-state index contributed by atoms with van der Waals surface area (Å²) in [6.45, 7) is 3.28. The van der Waals surface area contributed by atoms with Crippen molar-refractivity contribution in [1.29, 1.82) is 0 Å². The summed E-state index contributed by atoms with van der Waals surface area (Å²) in [6, 6.07) is 0. The first kappa shape index (κ1) is 9.20. The van der Waals surface area contributed by atoms with Gasteiger partial charge in [0.25, 0.3) is 0 Å². The van der Waals surface area contributed by atoms with Crippen molar-refractivity contribution in [2.24, 2.45) is 5.92 Å². The van der Waals surface area contributed by atoms with Crippen LogP contribution in [0.5, 0.6) is 0 Å². The molecule has 0 radical (unpaired) electrons. The number of fused-ring (bicyclic) bond motifs is 3. The van der Waals surface area contributed by atoms with E-state index >= 15 is 0 Å². The molecule has 3 aliphatic rings. The summed E-state index contributed by atoms with van der Waals surface area (Å²) in [6.07, 6.45) is 2.30. The van der Waals surface area contributed by atoms with Gasteiger partial charge in [0.05, 0.1) is 20.1 Å². The zero-order valence-electron chi connectivity index (χ0n) is 6.85. The van der Waals surface area contributed by atoms with Crippen LogP contribution in [0.1, 0.15) is 12.8 Å². The van der Waals surface area contributed by atoms with E-state index < -0.39 is 0 Å². The van der Waals surface area contributed by atoms with E-state index in [4.69, 9.17) is 0 Å². The van der Waals surface area contributed by atoms with Crippen LogP contribution in [0.25, 0.3) is 0 Å². The van der Waals surface area contributed by atoms with Crippen molar-refractivity contribution in [3.8, 4) is 0 Å². The summed E-state index contributed by atoms with van der Waals surface area (Å²) >= 11 is 0. The average Bonchev–Trinajstić information content (AvgIpc) is 1.87. The first-order valence-electron chi connectivity index (χ1n) is 4.06. The van der Waals surface area contributed by atoms with E-state index in [1.54, 1.807) is 0 Å². The second kappa shape index (κ2) is 2.87. The Morgan fingerprint density at radius 1 is 1.36 bits per heavy atom. The van der Waals surface area contributed by atoms with Gasteiger partial charge in [-0.3, -0.25) is 4.79 Å². The lowest BCUT2D eigenvalue weighted by Crippen LogP contribution is -3.00. The van der Waals surface area contributed by atoms with Crippen molar-refractivity contribution in [2.45, 2.75) is 12.8 Å². The van der Waals surface area contributed by atoms with E-state index in [0.717, 1.165) is 23.9 Å². The number of carbonyl (C=O) groups excluding carboxylic acids is 1. The fourth-order valence-electron chi connectivity index (χ4n) is 2.18. The van der Waals surface area contributed by atoms with Gasteiger partial charge in [0.15, 0.2) is 5.78 Å². The van der Waals surface area contributed by atoms with Crippen molar-refractivity contribution in [3.05, 3.63) is 0 Å². The minimum Gasteiger partial charge on any atom is -1.00 e. The van der Waals surface area contributed by atoms with Gasteiger partial charge in [0, 0.05) is 18.8 Å². The summed E-state index contributed by atoms with van der Waals surface area (Å²) in [5.41, 5.74) is 0. The van der Waals surface area contributed by atoms with E-state index in [2.05, 4.69) is 7.05 Å². The molecule has 2 bridgehead atoms. The Labute approximate surface area is 77.9 Å². The predicted octanol–water partition coefficient (Wildman–Crippen LogP) is -2.57. The molecule has 0 N–H and O–H groups in total. The molecule has 64 valence electrons.